The summed E-state index contributed by atoms with van der Waals surface area (Å²) in [7, 11) is 0. The standard InChI is InChI=1S/C22H15N/c1-14-6-2-3-13-23-22-16(14)11-12-18-17-9-4-7-15-8-5-10-19(20(15)17)21(18)22/h2-13,23H,1H2. The summed E-state index contributed by atoms with van der Waals surface area (Å²) in [5.41, 5.74) is 1.15. The monoisotopic (exact) mass is 293 g/mol. The van der Waals surface area contributed by atoms with E-state index in [1.807, 2.05) is 18.3 Å². The molecule has 0 fully saturated rings. The Balaban J connectivity index is 2.22. The van der Waals surface area contributed by atoms with Crippen molar-refractivity contribution in [2.24, 2.45) is 0 Å². The summed E-state index contributed by atoms with van der Waals surface area (Å²) in [5.74, 6) is 0. The fraction of sp³-hybridized carbons (Fsp3) is 0. The van der Waals surface area contributed by atoms with Gasteiger partial charge >= 0.3 is 0 Å². The molecule has 0 radical (unpaired) electrons. The molecule has 0 amide bonds. The van der Waals surface area contributed by atoms with Crippen LogP contribution in [0.2, 0.25) is 0 Å². The van der Waals surface area contributed by atoms with Gasteiger partial charge in [0.25, 0.3) is 0 Å². The van der Waals surface area contributed by atoms with Crippen molar-refractivity contribution in [1.82, 2.24) is 4.98 Å². The number of aromatic amines is 1. The molecule has 0 atom stereocenters. The molecule has 1 aromatic heterocycles. The van der Waals surface area contributed by atoms with Gasteiger partial charge in [0.1, 0.15) is 0 Å². The Morgan fingerprint density at radius 1 is 0.609 bits per heavy atom. The summed E-state index contributed by atoms with van der Waals surface area (Å²) < 4.78 is 0. The van der Waals surface area contributed by atoms with Crippen LogP contribution >= 0.6 is 0 Å². The topological polar surface area (TPSA) is 15.8 Å². The van der Waals surface area contributed by atoms with Crippen LogP contribution in [0.1, 0.15) is 0 Å². The largest absolute Gasteiger partial charge is 0.361 e. The highest BCUT2D eigenvalue weighted by molar-refractivity contribution is 6.34. The van der Waals surface area contributed by atoms with Crippen molar-refractivity contribution in [3.63, 3.8) is 0 Å². The smallest absolute Gasteiger partial charge is 0.0545 e. The number of H-pyrrole nitrogens is 1. The Bertz CT molecular complexity index is 1270. The molecule has 1 heteroatoms. The molecule has 0 bridgehead atoms. The molecule has 0 saturated heterocycles. The van der Waals surface area contributed by atoms with Crippen LogP contribution in [0.3, 0.4) is 0 Å². The quantitative estimate of drug-likeness (QED) is 0.398. The van der Waals surface area contributed by atoms with E-state index >= 15 is 0 Å². The van der Waals surface area contributed by atoms with Crippen LogP contribution < -0.4 is 5.22 Å². The zero-order valence-corrected chi connectivity index (χ0v) is 12.6. The highest BCUT2D eigenvalue weighted by Gasteiger charge is 2.13. The third-order valence-electron chi connectivity index (χ3n) is 4.75. The van der Waals surface area contributed by atoms with E-state index in [0.29, 0.717) is 0 Å². The van der Waals surface area contributed by atoms with E-state index in [2.05, 4.69) is 66.2 Å². The van der Waals surface area contributed by atoms with Crippen LogP contribution in [0.15, 0.2) is 72.9 Å². The Labute approximate surface area is 133 Å². The average Bonchev–Trinajstić information content (AvgIpc) is 2.89. The summed E-state index contributed by atoms with van der Waals surface area (Å²) >= 11 is 0. The first-order valence-corrected chi connectivity index (χ1v) is 7.83. The van der Waals surface area contributed by atoms with Crippen molar-refractivity contribution < 1.29 is 0 Å². The zero-order chi connectivity index (χ0) is 15.4. The second kappa shape index (κ2) is 4.47. The Morgan fingerprint density at radius 3 is 2.22 bits per heavy atom. The lowest BCUT2D eigenvalue weighted by molar-refractivity contribution is 1.43. The van der Waals surface area contributed by atoms with Gasteiger partial charge in [-0.1, -0.05) is 67.2 Å². The molecule has 1 nitrogen and oxygen atoms in total. The van der Waals surface area contributed by atoms with Gasteiger partial charge < -0.3 is 4.98 Å². The van der Waals surface area contributed by atoms with Crippen LogP contribution in [0.25, 0.3) is 49.8 Å². The number of hydrogen-bond donors (Lipinski definition) is 1. The summed E-state index contributed by atoms with van der Waals surface area (Å²) in [5, 5.41) is 10.1. The van der Waals surface area contributed by atoms with Crippen molar-refractivity contribution in [2.45, 2.75) is 0 Å². The molecule has 0 aliphatic rings. The molecular formula is C22H15N. The van der Waals surface area contributed by atoms with Crippen LogP contribution in [0, 0.1) is 0 Å². The summed E-state index contributed by atoms with van der Waals surface area (Å²) in [6.07, 6.45) is 1.99. The molecule has 5 aromatic rings. The third-order valence-corrected chi connectivity index (χ3v) is 4.75. The Hall–Kier alpha value is -3.06. The van der Waals surface area contributed by atoms with Gasteiger partial charge in [0.2, 0.25) is 0 Å². The maximum atomic E-state index is 4.22. The van der Waals surface area contributed by atoms with Crippen molar-refractivity contribution in [1.29, 1.82) is 0 Å². The van der Waals surface area contributed by atoms with E-state index in [-0.39, 0.29) is 0 Å². The minimum atomic E-state index is 1.03. The highest BCUT2D eigenvalue weighted by Crippen LogP contribution is 2.40. The van der Waals surface area contributed by atoms with E-state index < -0.39 is 0 Å². The fourth-order valence-electron chi connectivity index (χ4n) is 3.75. The first-order valence-electron chi connectivity index (χ1n) is 7.83. The minimum Gasteiger partial charge on any atom is -0.361 e. The summed E-state index contributed by atoms with van der Waals surface area (Å²) in [6, 6.07) is 23.6. The van der Waals surface area contributed by atoms with Gasteiger partial charge in [-0.2, -0.15) is 0 Å². The molecule has 5 rings (SSSR count). The molecule has 0 unspecified atom stereocenters. The molecule has 108 valence electrons. The molecule has 0 saturated carbocycles. The van der Waals surface area contributed by atoms with Crippen LogP contribution in [-0.2, 0) is 0 Å². The van der Waals surface area contributed by atoms with Crippen LogP contribution in [-0.4, -0.2) is 4.98 Å². The molecule has 4 aromatic carbocycles. The van der Waals surface area contributed by atoms with Crippen molar-refractivity contribution in [3.05, 3.63) is 78.1 Å². The van der Waals surface area contributed by atoms with E-state index in [4.69, 9.17) is 0 Å². The van der Waals surface area contributed by atoms with Gasteiger partial charge in [-0.25, -0.2) is 0 Å². The van der Waals surface area contributed by atoms with Gasteiger partial charge in [0.15, 0.2) is 0 Å². The second-order valence-corrected chi connectivity index (χ2v) is 6.01. The third kappa shape index (κ3) is 1.62. The van der Waals surface area contributed by atoms with Gasteiger partial charge in [-0.05, 0) is 38.2 Å². The molecule has 0 spiro atoms. The summed E-state index contributed by atoms with van der Waals surface area (Å²) in [6.45, 7) is 4.22. The fourth-order valence-corrected chi connectivity index (χ4v) is 3.75. The predicted molar refractivity (Wildman–Crippen MR) is 100 cm³/mol. The molecule has 0 aliphatic carbocycles. The number of hydrogen-bond acceptors (Lipinski definition) is 0. The Morgan fingerprint density at radius 2 is 1.35 bits per heavy atom. The molecule has 1 heterocycles. The van der Waals surface area contributed by atoms with Gasteiger partial charge in [-0.15, -0.1) is 0 Å². The molecule has 23 heavy (non-hydrogen) atoms. The van der Waals surface area contributed by atoms with Crippen molar-refractivity contribution >= 4 is 49.8 Å². The van der Waals surface area contributed by atoms with Gasteiger partial charge in [0, 0.05) is 17.0 Å². The maximum Gasteiger partial charge on any atom is 0.0545 e. The van der Waals surface area contributed by atoms with E-state index in [0.717, 1.165) is 16.1 Å². The van der Waals surface area contributed by atoms with Crippen molar-refractivity contribution in [3.8, 4) is 0 Å². The molecule has 0 aliphatic heterocycles. The van der Waals surface area contributed by atoms with Gasteiger partial charge in [0.05, 0.1) is 5.52 Å². The van der Waals surface area contributed by atoms with E-state index in [1.165, 1.54) is 32.3 Å². The number of benzene rings is 3. The first-order chi connectivity index (χ1) is 11.3. The minimum absolute atomic E-state index is 1.03. The lowest BCUT2D eigenvalue weighted by Crippen LogP contribution is -1.96. The average molecular weight is 293 g/mol. The number of aromatic nitrogens is 1. The second-order valence-electron chi connectivity index (χ2n) is 6.01. The normalized spacial score (nSPS) is 11.7. The zero-order valence-electron chi connectivity index (χ0n) is 12.6. The number of nitrogens with one attached hydrogen (secondary N) is 1. The Kier molecular flexibility index (Phi) is 2.42. The van der Waals surface area contributed by atoms with E-state index in [9.17, 15) is 0 Å². The van der Waals surface area contributed by atoms with Crippen LogP contribution in [0.5, 0.6) is 0 Å². The van der Waals surface area contributed by atoms with Crippen LogP contribution in [0.4, 0.5) is 0 Å². The highest BCUT2D eigenvalue weighted by atomic mass is 14.6. The number of rotatable bonds is 0. The lowest BCUT2D eigenvalue weighted by Gasteiger charge is -2.00. The van der Waals surface area contributed by atoms with Gasteiger partial charge in [-0.3, -0.25) is 0 Å². The first kappa shape index (κ1) is 12.5. The number of fused-ring (bicyclic) bond motifs is 5. The lowest BCUT2D eigenvalue weighted by atomic mass is 10.1. The summed E-state index contributed by atoms with van der Waals surface area (Å²) in [4.78, 5) is 3.48. The molecule has 1 N–H and O–H groups in total. The SMILES string of the molecule is C=c1cccc[nH]c2c1ccc1c3cccc4cccc(c43)c12. The maximum absolute atomic E-state index is 4.22. The van der Waals surface area contributed by atoms with Crippen molar-refractivity contribution in [2.75, 3.05) is 0 Å². The van der Waals surface area contributed by atoms with E-state index in [1.54, 1.807) is 0 Å². The molecular weight excluding hydrogens is 278 g/mol. The predicted octanol–water partition coefficient (Wildman–Crippen LogP) is 5.32.